The lowest BCUT2D eigenvalue weighted by Gasteiger charge is -2.19. The largest absolute Gasteiger partial charge is 0.399 e. The molecule has 0 radical (unpaired) electrons. The van der Waals surface area contributed by atoms with E-state index in [9.17, 15) is 22.4 Å². The Kier molecular flexibility index (Phi) is 7.33. The Labute approximate surface area is 173 Å². The number of halogens is 7. The zero-order valence-electron chi connectivity index (χ0n) is 14.2. The molecule has 0 spiro atoms. The van der Waals surface area contributed by atoms with Crippen molar-refractivity contribution in [2.75, 3.05) is 7.05 Å². The fourth-order valence-corrected chi connectivity index (χ4v) is 2.96. The Balaban J connectivity index is 2.41. The fraction of sp³-hybridized carbons (Fsp3) is 0.167. The molecule has 2 rings (SSSR count). The van der Waals surface area contributed by atoms with Crippen LogP contribution in [0.3, 0.4) is 0 Å². The molecule has 2 N–H and O–H groups in total. The van der Waals surface area contributed by atoms with Gasteiger partial charge in [0.05, 0.1) is 15.1 Å². The number of hydrazine groups is 1. The Morgan fingerprint density at radius 2 is 1.54 bits per heavy atom. The van der Waals surface area contributed by atoms with Gasteiger partial charge in [0, 0.05) is 18.2 Å². The van der Waals surface area contributed by atoms with Crippen molar-refractivity contribution < 1.29 is 22.4 Å². The number of hydrogen-bond donors (Lipinski definition) is 2. The van der Waals surface area contributed by atoms with Gasteiger partial charge < -0.3 is 0 Å². The van der Waals surface area contributed by atoms with Crippen molar-refractivity contribution in [3.63, 3.8) is 0 Å². The van der Waals surface area contributed by atoms with Crippen LogP contribution in [-0.4, -0.2) is 19.1 Å². The summed E-state index contributed by atoms with van der Waals surface area (Å²) in [7, 11) is 1.49. The van der Waals surface area contributed by atoms with Crippen LogP contribution in [0, 0.1) is 0 Å². The minimum atomic E-state index is -4.80. The van der Waals surface area contributed by atoms with E-state index in [1.54, 1.807) is 0 Å². The van der Waals surface area contributed by atoms with E-state index < -0.39 is 23.8 Å². The highest BCUT2D eigenvalue weighted by Gasteiger charge is 2.40. The van der Waals surface area contributed by atoms with Gasteiger partial charge in [0.15, 0.2) is 0 Å². The highest BCUT2D eigenvalue weighted by atomic mass is 35.5. The van der Waals surface area contributed by atoms with Crippen molar-refractivity contribution in [2.45, 2.75) is 12.1 Å². The molecule has 10 heteroatoms. The van der Waals surface area contributed by atoms with Gasteiger partial charge in [-0.3, -0.25) is 10.2 Å². The number of amides is 1. The third kappa shape index (κ3) is 5.38. The molecule has 0 saturated carbocycles. The van der Waals surface area contributed by atoms with Gasteiger partial charge in [0.25, 0.3) is 5.91 Å². The van der Waals surface area contributed by atoms with E-state index in [1.807, 2.05) is 0 Å². The van der Waals surface area contributed by atoms with Gasteiger partial charge in [-0.25, -0.2) is 9.82 Å². The summed E-state index contributed by atoms with van der Waals surface area (Å²) in [6.07, 6.45) is -4.39. The average molecular weight is 456 g/mol. The van der Waals surface area contributed by atoms with Crippen LogP contribution < -0.4 is 10.9 Å². The maximum atomic E-state index is 14.5. The van der Waals surface area contributed by atoms with Crippen molar-refractivity contribution in [2.24, 2.45) is 0 Å². The maximum absolute atomic E-state index is 14.5. The van der Waals surface area contributed by atoms with Crippen LogP contribution in [0.15, 0.2) is 42.5 Å². The van der Waals surface area contributed by atoms with Crippen molar-refractivity contribution in [1.29, 1.82) is 0 Å². The van der Waals surface area contributed by atoms with Crippen LogP contribution in [0.2, 0.25) is 15.1 Å². The number of allylic oxidation sites excluding steroid dienone is 1. The second kappa shape index (κ2) is 9.13. The Hall–Kier alpha value is -1.80. The van der Waals surface area contributed by atoms with Gasteiger partial charge in [-0.05, 0) is 35.9 Å². The molecule has 0 fully saturated rings. The highest BCUT2D eigenvalue weighted by Crippen LogP contribution is 2.42. The first-order valence-corrected chi connectivity index (χ1v) is 8.84. The average Bonchev–Trinajstić information content (AvgIpc) is 2.63. The molecule has 2 aromatic rings. The molecule has 0 aliphatic carbocycles. The molecule has 150 valence electrons. The summed E-state index contributed by atoms with van der Waals surface area (Å²) >= 11 is 17.4. The van der Waals surface area contributed by atoms with E-state index in [4.69, 9.17) is 34.8 Å². The quantitative estimate of drug-likeness (QED) is 0.322. The van der Waals surface area contributed by atoms with Crippen molar-refractivity contribution in [3.8, 4) is 0 Å². The molecule has 0 bridgehead atoms. The summed E-state index contributed by atoms with van der Waals surface area (Å²) in [6, 6.07) is 6.95. The molecule has 0 aliphatic rings. The number of carbonyl (C=O) groups is 1. The smallest absolute Gasteiger partial charge is 0.288 e. The van der Waals surface area contributed by atoms with E-state index in [-0.39, 0.29) is 31.8 Å². The molecule has 0 aromatic heterocycles. The lowest BCUT2D eigenvalue weighted by atomic mass is 9.96. The lowest BCUT2D eigenvalue weighted by Crippen LogP contribution is -2.34. The van der Waals surface area contributed by atoms with E-state index >= 15 is 0 Å². The van der Waals surface area contributed by atoms with Crippen LogP contribution >= 0.6 is 34.8 Å². The number of hydrogen-bond acceptors (Lipinski definition) is 2. The number of benzene rings is 2. The fourth-order valence-electron chi connectivity index (χ4n) is 2.34. The van der Waals surface area contributed by atoms with Crippen LogP contribution in [0.4, 0.5) is 17.6 Å². The second-order valence-electron chi connectivity index (χ2n) is 5.61. The Bertz CT molecular complexity index is 876. The SMILES string of the molecule is CNNC(=O)c1ccc(/C(F)=C/C(c2cc(Cl)c(Cl)c(Cl)c2)C(F)(F)F)cc1. The van der Waals surface area contributed by atoms with Gasteiger partial charge >= 0.3 is 6.18 Å². The summed E-state index contributed by atoms with van der Waals surface area (Å²) in [5.74, 6) is -3.89. The summed E-state index contributed by atoms with van der Waals surface area (Å²) in [5.41, 5.74) is 4.48. The third-order valence-corrected chi connectivity index (χ3v) is 4.89. The van der Waals surface area contributed by atoms with E-state index in [0.29, 0.717) is 6.08 Å². The second-order valence-corrected chi connectivity index (χ2v) is 6.81. The number of rotatable bonds is 5. The number of carbonyl (C=O) groups excluding carboxylic acids is 1. The number of nitrogens with one attached hydrogen (secondary N) is 2. The summed E-state index contributed by atoms with van der Waals surface area (Å²) in [4.78, 5) is 11.6. The van der Waals surface area contributed by atoms with Gasteiger partial charge in [-0.15, -0.1) is 0 Å². The molecule has 0 saturated heterocycles. The molecule has 0 heterocycles. The van der Waals surface area contributed by atoms with Crippen LogP contribution in [0.25, 0.3) is 5.83 Å². The standard InChI is InChI=1S/C18H13Cl3F4N2O/c1-26-27-17(28)10-4-2-9(3-5-10)15(22)8-12(18(23,24)25)11-6-13(19)16(21)14(20)7-11/h2-8,12,26H,1H3,(H,27,28)/b15-8-. The Morgan fingerprint density at radius 3 is 2.00 bits per heavy atom. The predicted molar refractivity (Wildman–Crippen MR) is 102 cm³/mol. The molecule has 0 aliphatic heterocycles. The zero-order valence-corrected chi connectivity index (χ0v) is 16.4. The first kappa shape index (κ1) is 22.5. The van der Waals surface area contributed by atoms with Crippen LogP contribution in [0.5, 0.6) is 0 Å². The molecule has 28 heavy (non-hydrogen) atoms. The van der Waals surface area contributed by atoms with Gasteiger partial charge in [0.2, 0.25) is 0 Å². The molecular weight excluding hydrogens is 443 g/mol. The maximum Gasteiger partial charge on any atom is 0.399 e. The highest BCUT2D eigenvalue weighted by molar-refractivity contribution is 6.48. The molecular formula is C18H13Cl3F4N2O. The van der Waals surface area contributed by atoms with Crippen molar-refractivity contribution >= 4 is 46.5 Å². The minimum absolute atomic E-state index is 0.0899. The third-order valence-electron chi connectivity index (χ3n) is 3.69. The predicted octanol–water partition coefficient (Wildman–Crippen LogP) is 6.17. The molecule has 1 unspecified atom stereocenters. The monoisotopic (exact) mass is 454 g/mol. The van der Waals surface area contributed by atoms with E-state index in [1.165, 1.54) is 31.3 Å². The number of alkyl halides is 3. The van der Waals surface area contributed by atoms with Crippen LogP contribution in [0.1, 0.15) is 27.4 Å². The molecule has 2 aromatic carbocycles. The molecule has 1 amide bonds. The van der Waals surface area contributed by atoms with Gasteiger partial charge in [0.1, 0.15) is 11.7 Å². The molecule has 3 nitrogen and oxygen atoms in total. The molecule has 1 atom stereocenters. The topological polar surface area (TPSA) is 41.1 Å². The summed E-state index contributed by atoms with van der Waals surface area (Å²) in [6.45, 7) is 0. The van der Waals surface area contributed by atoms with Gasteiger partial charge in [-0.1, -0.05) is 46.9 Å². The van der Waals surface area contributed by atoms with Gasteiger partial charge in [-0.2, -0.15) is 13.2 Å². The Morgan fingerprint density at radius 1 is 1.04 bits per heavy atom. The summed E-state index contributed by atoms with van der Waals surface area (Å²) in [5, 5.41) is -0.438. The van der Waals surface area contributed by atoms with Crippen molar-refractivity contribution in [3.05, 3.63) is 74.2 Å². The lowest BCUT2D eigenvalue weighted by molar-refractivity contribution is -0.139. The zero-order chi connectivity index (χ0) is 21.1. The van der Waals surface area contributed by atoms with E-state index in [0.717, 1.165) is 12.1 Å². The minimum Gasteiger partial charge on any atom is -0.288 e. The first-order valence-electron chi connectivity index (χ1n) is 7.70. The van der Waals surface area contributed by atoms with Crippen LogP contribution in [-0.2, 0) is 0 Å². The first-order chi connectivity index (χ1) is 13.0. The summed E-state index contributed by atoms with van der Waals surface area (Å²) < 4.78 is 55.0. The van der Waals surface area contributed by atoms with E-state index in [2.05, 4.69) is 10.9 Å². The van der Waals surface area contributed by atoms with Crippen molar-refractivity contribution in [1.82, 2.24) is 10.9 Å². The normalized spacial score (nSPS) is 13.4.